The molecule has 3 rings (SSSR count). The lowest BCUT2D eigenvalue weighted by Gasteiger charge is -2.27. The zero-order chi connectivity index (χ0) is 20.5. The Morgan fingerprint density at radius 3 is 2.45 bits per heavy atom. The third-order valence-corrected chi connectivity index (χ3v) is 5.56. The van der Waals surface area contributed by atoms with Crippen LogP contribution < -0.4 is 10.6 Å². The van der Waals surface area contributed by atoms with Crippen molar-refractivity contribution in [3.05, 3.63) is 77.4 Å². The molecule has 0 radical (unpaired) electrons. The average Bonchev–Trinajstić information content (AvgIpc) is 2.76. The molecule has 2 N–H and O–H groups in total. The van der Waals surface area contributed by atoms with Crippen molar-refractivity contribution in [1.82, 2.24) is 10.6 Å². The van der Waals surface area contributed by atoms with Gasteiger partial charge in [0.15, 0.2) is 0 Å². The van der Waals surface area contributed by atoms with Gasteiger partial charge in [0.25, 0.3) is 0 Å². The third-order valence-electron chi connectivity index (χ3n) is 5.56. The molecule has 2 aromatic rings. The van der Waals surface area contributed by atoms with E-state index in [1.165, 1.54) is 5.56 Å². The highest BCUT2D eigenvalue weighted by Gasteiger charge is 2.26. The van der Waals surface area contributed by atoms with Gasteiger partial charge in [0.1, 0.15) is 0 Å². The van der Waals surface area contributed by atoms with Crippen LogP contribution in [0, 0.1) is 18.8 Å². The fourth-order valence-corrected chi connectivity index (χ4v) is 3.82. The highest BCUT2D eigenvalue weighted by atomic mass is 16.2. The number of amides is 2. The predicted octanol–water partition coefficient (Wildman–Crippen LogP) is 4.25. The van der Waals surface area contributed by atoms with Crippen LogP contribution in [0.25, 0.3) is 6.08 Å². The van der Waals surface area contributed by atoms with E-state index in [0.29, 0.717) is 19.0 Å². The number of rotatable bonds is 7. The Bertz CT molecular complexity index is 837. The van der Waals surface area contributed by atoms with E-state index < -0.39 is 0 Å². The number of hydrogen-bond acceptors (Lipinski definition) is 2. The van der Waals surface area contributed by atoms with Crippen molar-refractivity contribution in [2.75, 3.05) is 6.54 Å². The summed E-state index contributed by atoms with van der Waals surface area (Å²) in [4.78, 5) is 24.5. The van der Waals surface area contributed by atoms with Gasteiger partial charge in [-0.1, -0.05) is 60.2 Å². The Morgan fingerprint density at radius 2 is 1.72 bits per heavy atom. The first-order chi connectivity index (χ1) is 14.1. The maximum absolute atomic E-state index is 12.5. The molecule has 0 heterocycles. The Hall–Kier alpha value is -2.88. The van der Waals surface area contributed by atoms with Crippen LogP contribution in [0.1, 0.15) is 42.4 Å². The molecule has 1 saturated carbocycles. The third kappa shape index (κ3) is 6.90. The maximum atomic E-state index is 12.5. The summed E-state index contributed by atoms with van der Waals surface area (Å²) in [7, 11) is 0. The van der Waals surface area contributed by atoms with Gasteiger partial charge in [0, 0.05) is 25.1 Å². The van der Waals surface area contributed by atoms with Crippen molar-refractivity contribution in [3.63, 3.8) is 0 Å². The molecule has 2 aromatic carbocycles. The summed E-state index contributed by atoms with van der Waals surface area (Å²) in [6, 6.07) is 18.0. The molecule has 4 nitrogen and oxygen atoms in total. The Morgan fingerprint density at radius 1 is 0.966 bits per heavy atom. The summed E-state index contributed by atoms with van der Waals surface area (Å²) < 4.78 is 0. The van der Waals surface area contributed by atoms with Crippen molar-refractivity contribution in [2.24, 2.45) is 11.8 Å². The van der Waals surface area contributed by atoms with Crippen molar-refractivity contribution in [2.45, 2.75) is 39.2 Å². The Kier molecular flexibility index (Phi) is 7.62. The fraction of sp³-hybridized carbons (Fsp3) is 0.360. The van der Waals surface area contributed by atoms with E-state index in [0.717, 1.165) is 36.8 Å². The lowest BCUT2D eigenvalue weighted by molar-refractivity contribution is -0.126. The first-order valence-corrected chi connectivity index (χ1v) is 10.4. The summed E-state index contributed by atoms with van der Waals surface area (Å²) in [5.74, 6) is 0.626. The van der Waals surface area contributed by atoms with E-state index in [9.17, 15) is 9.59 Å². The minimum Gasteiger partial charge on any atom is -0.352 e. The van der Waals surface area contributed by atoms with Crippen molar-refractivity contribution in [1.29, 1.82) is 0 Å². The van der Waals surface area contributed by atoms with Crippen LogP contribution >= 0.6 is 0 Å². The van der Waals surface area contributed by atoms with Gasteiger partial charge >= 0.3 is 0 Å². The van der Waals surface area contributed by atoms with Crippen LogP contribution in [0.15, 0.2) is 60.7 Å². The van der Waals surface area contributed by atoms with E-state index in [4.69, 9.17) is 0 Å². The first kappa shape index (κ1) is 20.8. The molecular weight excluding hydrogens is 360 g/mol. The second-order valence-electron chi connectivity index (χ2n) is 7.91. The molecule has 0 aromatic heterocycles. The van der Waals surface area contributed by atoms with Crippen molar-refractivity contribution in [3.8, 4) is 0 Å². The van der Waals surface area contributed by atoms with Gasteiger partial charge < -0.3 is 10.6 Å². The summed E-state index contributed by atoms with van der Waals surface area (Å²) in [5, 5.41) is 6.07. The molecule has 1 aliphatic carbocycles. The van der Waals surface area contributed by atoms with E-state index in [-0.39, 0.29) is 17.7 Å². The average molecular weight is 391 g/mol. The van der Waals surface area contributed by atoms with Gasteiger partial charge in [0.05, 0.1) is 0 Å². The minimum atomic E-state index is -0.0631. The molecule has 29 heavy (non-hydrogen) atoms. The highest BCUT2D eigenvalue weighted by molar-refractivity contribution is 5.91. The normalized spacial score (nSPS) is 19.1. The monoisotopic (exact) mass is 390 g/mol. The largest absolute Gasteiger partial charge is 0.352 e. The van der Waals surface area contributed by atoms with Gasteiger partial charge in [-0.3, -0.25) is 9.59 Å². The number of hydrogen-bond donors (Lipinski definition) is 2. The number of carbonyl (C=O) groups excluding carboxylic acids is 2. The zero-order valence-electron chi connectivity index (χ0n) is 17.1. The molecule has 1 aliphatic rings. The van der Waals surface area contributed by atoms with Crippen LogP contribution in [0.3, 0.4) is 0 Å². The van der Waals surface area contributed by atoms with Gasteiger partial charge in [-0.2, -0.15) is 0 Å². The van der Waals surface area contributed by atoms with E-state index >= 15 is 0 Å². The van der Waals surface area contributed by atoms with Gasteiger partial charge in [-0.25, -0.2) is 0 Å². The second kappa shape index (κ2) is 10.6. The minimum absolute atomic E-state index is 0.0631. The summed E-state index contributed by atoms with van der Waals surface area (Å²) in [5.41, 5.74) is 3.36. The first-order valence-electron chi connectivity index (χ1n) is 10.4. The topological polar surface area (TPSA) is 58.2 Å². The van der Waals surface area contributed by atoms with E-state index in [2.05, 4.69) is 29.7 Å². The van der Waals surface area contributed by atoms with Crippen molar-refractivity contribution >= 4 is 17.9 Å². The van der Waals surface area contributed by atoms with Crippen LogP contribution in [0.4, 0.5) is 0 Å². The summed E-state index contributed by atoms with van der Waals surface area (Å²) >= 11 is 0. The molecule has 0 saturated heterocycles. The molecule has 0 spiro atoms. The predicted molar refractivity (Wildman–Crippen MR) is 117 cm³/mol. The van der Waals surface area contributed by atoms with Gasteiger partial charge in [0.2, 0.25) is 11.8 Å². The van der Waals surface area contributed by atoms with E-state index in [1.54, 1.807) is 6.08 Å². The van der Waals surface area contributed by atoms with Crippen molar-refractivity contribution < 1.29 is 9.59 Å². The Balaban J connectivity index is 1.35. The summed E-state index contributed by atoms with van der Waals surface area (Å²) in [6.45, 7) is 3.32. The molecule has 1 fully saturated rings. The molecule has 152 valence electrons. The number of nitrogens with one attached hydrogen (secondary N) is 2. The molecule has 0 unspecified atom stereocenters. The van der Waals surface area contributed by atoms with E-state index in [1.807, 2.05) is 48.5 Å². The molecule has 2 amide bonds. The quantitative estimate of drug-likeness (QED) is 0.695. The molecule has 0 atom stereocenters. The fourth-order valence-electron chi connectivity index (χ4n) is 3.82. The Labute approximate surface area is 173 Å². The zero-order valence-corrected chi connectivity index (χ0v) is 17.1. The lowest BCUT2D eigenvalue weighted by Crippen LogP contribution is -2.35. The summed E-state index contributed by atoms with van der Waals surface area (Å²) in [6.07, 6.45) is 7.14. The second-order valence-corrected chi connectivity index (χ2v) is 7.91. The number of aryl methyl sites for hydroxylation is 1. The highest BCUT2D eigenvalue weighted by Crippen LogP contribution is 2.28. The van der Waals surface area contributed by atoms with Crippen LogP contribution in [-0.4, -0.2) is 18.4 Å². The van der Waals surface area contributed by atoms with Crippen LogP contribution in [0.5, 0.6) is 0 Å². The number of carbonyl (C=O) groups is 2. The van der Waals surface area contributed by atoms with Crippen LogP contribution in [-0.2, 0) is 16.1 Å². The van der Waals surface area contributed by atoms with Gasteiger partial charge in [-0.05, 0) is 55.7 Å². The lowest BCUT2D eigenvalue weighted by atomic mass is 9.81. The molecule has 0 bridgehead atoms. The molecular formula is C25H30N2O2. The maximum Gasteiger partial charge on any atom is 0.244 e. The van der Waals surface area contributed by atoms with Gasteiger partial charge in [-0.15, -0.1) is 0 Å². The SMILES string of the molecule is Cc1cccc(CNC(=O)C2CCC(CNC(=O)/C=C/c3ccccc3)CC2)c1. The molecule has 4 heteroatoms. The number of benzene rings is 2. The van der Waals surface area contributed by atoms with Crippen LogP contribution in [0.2, 0.25) is 0 Å². The smallest absolute Gasteiger partial charge is 0.244 e. The standard InChI is InChI=1S/C25H30N2O2/c1-19-6-5-9-22(16-19)18-27-25(29)23-13-10-21(11-14-23)17-26-24(28)15-12-20-7-3-2-4-8-20/h2-9,12,15-16,21,23H,10-11,13-14,17-18H2,1H3,(H,26,28)(H,27,29)/b15-12+. The molecule has 0 aliphatic heterocycles.